The summed E-state index contributed by atoms with van der Waals surface area (Å²) >= 11 is 0. The van der Waals surface area contributed by atoms with Gasteiger partial charge in [0, 0.05) is 5.56 Å². The van der Waals surface area contributed by atoms with Crippen molar-refractivity contribution >= 4 is 21.6 Å². The third kappa shape index (κ3) is 4.13. The molecule has 0 radical (unpaired) electrons. The second-order valence-electron chi connectivity index (χ2n) is 7.02. The molecule has 3 rings (SSSR count). The number of carbonyl (C=O) groups is 1. The molecule has 0 aliphatic carbocycles. The smallest absolute Gasteiger partial charge is 0.272 e. The number of aryl methyl sites for hydroxylation is 1. The molecular weight excluding hydrogens is 430 g/mol. The van der Waals surface area contributed by atoms with Crippen molar-refractivity contribution in [1.29, 1.82) is 0 Å². The van der Waals surface area contributed by atoms with E-state index in [9.17, 15) is 13.2 Å². The summed E-state index contributed by atoms with van der Waals surface area (Å²) in [7, 11) is 0.0745. The van der Waals surface area contributed by atoms with Crippen molar-refractivity contribution in [2.75, 3.05) is 25.6 Å². The first-order valence-corrected chi connectivity index (χ1v) is 11.2. The number of rotatable bonds is 7. The molecule has 0 saturated carbocycles. The van der Waals surface area contributed by atoms with E-state index in [1.807, 2.05) is 13.0 Å². The second-order valence-corrected chi connectivity index (χ2v) is 8.81. The summed E-state index contributed by atoms with van der Waals surface area (Å²) in [6.45, 7) is 3.64. The summed E-state index contributed by atoms with van der Waals surface area (Å²) in [4.78, 5) is 13.8. The minimum Gasteiger partial charge on any atom is -0.493 e. The van der Waals surface area contributed by atoms with Gasteiger partial charge in [-0.2, -0.15) is 4.31 Å². The van der Waals surface area contributed by atoms with Crippen molar-refractivity contribution in [2.45, 2.75) is 18.7 Å². The van der Waals surface area contributed by atoms with E-state index in [2.05, 4.69) is 0 Å². The summed E-state index contributed by atoms with van der Waals surface area (Å²) in [6, 6.07) is 15.9. The molecule has 7 nitrogen and oxygen atoms in total. The Hall–Kier alpha value is -3.52. The zero-order chi connectivity index (χ0) is 23.5. The van der Waals surface area contributed by atoms with Crippen LogP contribution in [0.25, 0.3) is 0 Å². The van der Waals surface area contributed by atoms with Gasteiger partial charge < -0.3 is 14.2 Å². The fraction of sp³-hybridized carbons (Fsp3) is 0.208. The average Bonchev–Trinajstić information content (AvgIpc) is 2.81. The predicted octanol–water partition coefficient (Wildman–Crippen LogP) is 4.36. The lowest BCUT2D eigenvalue weighted by Crippen LogP contribution is -2.37. The van der Waals surface area contributed by atoms with Crippen LogP contribution in [0.15, 0.2) is 65.6 Å². The standard InChI is InChI=1S/C24H25NO6S/c1-16-10-9-13-20(17(16)2)25(32(27,28)19-11-7-6-8-12-19)24(26)18-14-21(29-3)23(31-5)22(15-18)30-4/h6-15H,1-5H3. The molecule has 0 bridgehead atoms. The van der Waals surface area contributed by atoms with Crippen LogP contribution in [0.5, 0.6) is 17.2 Å². The minimum absolute atomic E-state index is 0.00157. The highest BCUT2D eigenvalue weighted by Gasteiger charge is 2.34. The van der Waals surface area contributed by atoms with Gasteiger partial charge in [-0.05, 0) is 55.3 Å². The molecule has 0 spiro atoms. The first kappa shape index (κ1) is 23.1. The number of methoxy groups -OCH3 is 3. The Morgan fingerprint density at radius 1 is 0.812 bits per heavy atom. The number of anilines is 1. The fourth-order valence-corrected chi connectivity index (χ4v) is 4.82. The van der Waals surface area contributed by atoms with Crippen LogP contribution in [0.2, 0.25) is 0 Å². The van der Waals surface area contributed by atoms with E-state index in [0.717, 1.165) is 9.87 Å². The zero-order valence-electron chi connectivity index (χ0n) is 18.6. The van der Waals surface area contributed by atoms with Gasteiger partial charge in [0.25, 0.3) is 15.9 Å². The van der Waals surface area contributed by atoms with Gasteiger partial charge >= 0.3 is 0 Å². The lowest BCUT2D eigenvalue weighted by molar-refractivity contribution is 0.100. The summed E-state index contributed by atoms with van der Waals surface area (Å²) < 4.78 is 44.1. The van der Waals surface area contributed by atoms with Crippen LogP contribution in [0.4, 0.5) is 5.69 Å². The highest BCUT2D eigenvalue weighted by molar-refractivity contribution is 7.93. The summed E-state index contributed by atoms with van der Waals surface area (Å²) in [5.74, 6) is 0.0407. The molecule has 0 heterocycles. The van der Waals surface area contributed by atoms with Crippen LogP contribution in [0.1, 0.15) is 21.5 Å². The Balaban J connectivity index is 2.28. The quantitative estimate of drug-likeness (QED) is 0.526. The molecule has 0 saturated heterocycles. The van der Waals surface area contributed by atoms with Gasteiger partial charge in [0.2, 0.25) is 5.75 Å². The number of benzene rings is 3. The van der Waals surface area contributed by atoms with Crippen LogP contribution in [-0.4, -0.2) is 35.7 Å². The molecule has 0 fully saturated rings. The number of sulfonamides is 1. The zero-order valence-corrected chi connectivity index (χ0v) is 19.4. The van der Waals surface area contributed by atoms with Gasteiger partial charge in [-0.25, -0.2) is 8.42 Å². The third-order valence-corrected chi connectivity index (χ3v) is 6.88. The number of nitrogens with zero attached hydrogens (tertiary/aromatic N) is 1. The topological polar surface area (TPSA) is 82.1 Å². The van der Waals surface area contributed by atoms with Gasteiger partial charge in [-0.1, -0.05) is 30.3 Å². The van der Waals surface area contributed by atoms with Crippen LogP contribution in [0, 0.1) is 13.8 Å². The summed E-state index contributed by atoms with van der Waals surface area (Å²) in [6.07, 6.45) is 0. The second kappa shape index (κ2) is 9.32. The van der Waals surface area contributed by atoms with E-state index in [-0.39, 0.29) is 27.6 Å². The minimum atomic E-state index is -4.22. The molecule has 0 aliphatic rings. The van der Waals surface area contributed by atoms with E-state index >= 15 is 0 Å². The molecule has 3 aromatic rings. The first-order chi connectivity index (χ1) is 15.3. The van der Waals surface area contributed by atoms with Gasteiger partial charge in [-0.15, -0.1) is 0 Å². The Kier molecular flexibility index (Phi) is 6.74. The average molecular weight is 456 g/mol. The Bertz CT molecular complexity index is 1210. The molecular formula is C24H25NO6S. The molecule has 1 amide bonds. The van der Waals surface area contributed by atoms with Crippen molar-refractivity contribution in [2.24, 2.45) is 0 Å². The highest BCUT2D eigenvalue weighted by Crippen LogP contribution is 2.39. The fourth-order valence-electron chi connectivity index (χ4n) is 3.32. The van der Waals surface area contributed by atoms with Crippen molar-refractivity contribution in [1.82, 2.24) is 0 Å². The van der Waals surface area contributed by atoms with E-state index in [1.165, 1.54) is 45.6 Å². The summed E-state index contributed by atoms with van der Waals surface area (Å²) in [5.41, 5.74) is 1.87. The molecule has 8 heteroatoms. The van der Waals surface area contributed by atoms with Crippen molar-refractivity contribution < 1.29 is 27.4 Å². The Labute approximate surface area is 188 Å². The normalized spacial score (nSPS) is 11.0. The van der Waals surface area contributed by atoms with E-state index < -0.39 is 15.9 Å². The lowest BCUT2D eigenvalue weighted by atomic mass is 10.1. The maximum atomic E-state index is 13.8. The van der Waals surface area contributed by atoms with Crippen molar-refractivity contribution in [3.8, 4) is 17.2 Å². The number of hydrogen-bond donors (Lipinski definition) is 0. The number of ether oxygens (including phenoxy) is 3. The largest absolute Gasteiger partial charge is 0.493 e. The van der Waals surface area contributed by atoms with E-state index in [4.69, 9.17) is 14.2 Å². The van der Waals surface area contributed by atoms with Crippen LogP contribution in [-0.2, 0) is 10.0 Å². The Morgan fingerprint density at radius 3 is 1.94 bits per heavy atom. The molecule has 0 N–H and O–H groups in total. The van der Waals surface area contributed by atoms with Crippen LogP contribution in [0.3, 0.4) is 0 Å². The predicted molar refractivity (Wildman–Crippen MR) is 122 cm³/mol. The lowest BCUT2D eigenvalue weighted by Gasteiger charge is -2.25. The molecule has 0 unspecified atom stereocenters. The van der Waals surface area contributed by atoms with Crippen LogP contribution >= 0.6 is 0 Å². The van der Waals surface area contributed by atoms with Crippen molar-refractivity contribution in [3.63, 3.8) is 0 Å². The van der Waals surface area contributed by atoms with Crippen LogP contribution < -0.4 is 18.5 Å². The van der Waals surface area contributed by atoms with Crippen molar-refractivity contribution in [3.05, 3.63) is 77.4 Å². The van der Waals surface area contributed by atoms with Gasteiger partial charge in [0.05, 0.1) is 31.9 Å². The van der Waals surface area contributed by atoms with Gasteiger partial charge in [-0.3, -0.25) is 4.79 Å². The number of carbonyl (C=O) groups excluding carboxylic acids is 1. The maximum absolute atomic E-state index is 13.8. The van der Waals surface area contributed by atoms with E-state index in [1.54, 1.807) is 37.3 Å². The van der Waals surface area contributed by atoms with Gasteiger partial charge in [0.1, 0.15) is 0 Å². The van der Waals surface area contributed by atoms with Gasteiger partial charge in [0.15, 0.2) is 11.5 Å². The third-order valence-electron chi connectivity index (χ3n) is 5.17. The molecule has 0 atom stereocenters. The number of hydrogen-bond acceptors (Lipinski definition) is 6. The Morgan fingerprint density at radius 2 is 1.41 bits per heavy atom. The monoisotopic (exact) mass is 455 g/mol. The molecule has 0 aromatic heterocycles. The molecule has 3 aromatic carbocycles. The SMILES string of the molecule is COc1cc(C(=O)N(c2cccc(C)c2C)S(=O)(=O)c2ccccc2)cc(OC)c1OC. The van der Waals surface area contributed by atoms with E-state index in [0.29, 0.717) is 11.3 Å². The molecule has 168 valence electrons. The first-order valence-electron chi connectivity index (χ1n) is 9.77. The number of amides is 1. The molecule has 0 aliphatic heterocycles. The maximum Gasteiger partial charge on any atom is 0.272 e. The highest BCUT2D eigenvalue weighted by atomic mass is 32.2. The summed E-state index contributed by atoms with van der Waals surface area (Å²) in [5, 5.41) is 0. The molecule has 32 heavy (non-hydrogen) atoms.